The molecule has 3 N–H and O–H groups in total. The number of hydrogen-bond donors (Lipinski definition) is 3. The zero-order valence-electron chi connectivity index (χ0n) is 12.2. The molecule has 1 aromatic rings. The number of rotatable bonds is 7. The highest BCUT2D eigenvalue weighted by molar-refractivity contribution is 5.82. The van der Waals surface area contributed by atoms with E-state index in [1.165, 1.54) is 6.07 Å². The van der Waals surface area contributed by atoms with Gasteiger partial charge in [-0.15, -0.1) is 0 Å². The maximum atomic E-state index is 13.4. The van der Waals surface area contributed by atoms with E-state index in [9.17, 15) is 14.0 Å². The molecule has 1 aromatic carbocycles. The first-order chi connectivity index (χ1) is 9.95. The average Bonchev–Trinajstić information content (AvgIpc) is 2.45. The second-order valence-electron chi connectivity index (χ2n) is 4.94. The SMILES string of the molecule is CC[C@H](C)[C@H](NC(=O)NCCc1ccccc1F)C(=O)O. The molecule has 0 bridgehead atoms. The van der Waals surface area contributed by atoms with Gasteiger partial charge in [-0.2, -0.15) is 0 Å². The Balaban J connectivity index is 2.43. The summed E-state index contributed by atoms with van der Waals surface area (Å²) in [6.07, 6.45) is 0.994. The predicted molar refractivity (Wildman–Crippen MR) is 77.5 cm³/mol. The summed E-state index contributed by atoms with van der Waals surface area (Å²) in [5.74, 6) is -1.55. The minimum atomic E-state index is -1.06. The molecule has 1 rings (SSSR count). The summed E-state index contributed by atoms with van der Waals surface area (Å²) in [5, 5.41) is 14.0. The van der Waals surface area contributed by atoms with Gasteiger partial charge in [-0.05, 0) is 24.0 Å². The second-order valence-corrected chi connectivity index (χ2v) is 4.94. The number of carbonyl (C=O) groups is 2. The Morgan fingerprint density at radius 3 is 2.57 bits per heavy atom. The Morgan fingerprint density at radius 1 is 1.33 bits per heavy atom. The third kappa shape index (κ3) is 5.41. The van der Waals surface area contributed by atoms with Crippen LogP contribution in [0.4, 0.5) is 9.18 Å². The van der Waals surface area contributed by atoms with E-state index in [-0.39, 0.29) is 18.3 Å². The molecule has 0 saturated heterocycles. The summed E-state index contributed by atoms with van der Waals surface area (Å²) < 4.78 is 13.4. The van der Waals surface area contributed by atoms with E-state index < -0.39 is 18.0 Å². The van der Waals surface area contributed by atoms with Gasteiger partial charge in [0.25, 0.3) is 0 Å². The number of benzene rings is 1. The highest BCUT2D eigenvalue weighted by Crippen LogP contribution is 2.08. The quantitative estimate of drug-likeness (QED) is 0.721. The van der Waals surface area contributed by atoms with E-state index in [1.807, 2.05) is 6.92 Å². The van der Waals surface area contributed by atoms with E-state index in [1.54, 1.807) is 25.1 Å². The fourth-order valence-electron chi connectivity index (χ4n) is 1.89. The lowest BCUT2D eigenvalue weighted by Gasteiger charge is -2.20. The van der Waals surface area contributed by atoms with Crippen LogP contribution in [0.3, 0.4) is 0 Å². The van der Waals surface area contributed by atoms with Crippen molar-refractivity contribution in [1.29, 1.82) is 0 Å². The van der Waals surface area contributed by atoms with Crippen molar-refractivity contribution in [2.75, 3.05) is 6.54 Å². The number of carboxylic acid groups (broad SMARTS) is 1. The molecule has 0 saturated carbocycles. The smallest absolute Gasteiger partial charge is 0.326 e. The average molecular weight is 296 g/mol. The van der Waals surface area contributed by atoms with Gasteiger partial charge in [-0.3, -0.25) is 0 Å². The van der Waals surface area contributed by atoms with Gasteiger partial charge in [-0.1, -0.05) is 38.5 Å². The number of aliphatic carboxylic acids is 1. The number of amides is 2. The molecule has 0 aromatic heterocycles. The van der Waals surface area contributed by atoms with Crippen molar-refractivity contribution in [1.82, 2.24) is 10.6 Å². The van der Waals surface area contributed by atoms with Crippen molar-refractivity contribution < 1.29 is 19.1 Å². The molecule has 2 atom stereocenters. The Hall–Kier alpha value is -2.11. The summed E-state index contributed by atoms with van der Waals surface area (Å²) in [6.45, 7) is 3.86. The molecule has 0 heterocycles. The van der Waals surface area contributed by atoms with E-state index in [0.29, 0.717) is 18.4 Å². The molecule has 6 heteroatoms. The topological polar surface area (TPSA) is 78.4 Å². The van der Waals surface area contributed by atoms with E-state index in [2.05, 4.69) is 10.6 Å². The van der Waals surface area contributed by atoms with Crippen LogP contribution in [0.25, 0.3) is 0 Å². The van der Waals surface area contributed by atoms with Crippen LogP contribution < -0.4 is 10.6 Å². The summed E-state index contributed by atoms with van der Waals surface area (Å²) >= 11 is 0. The van der Waals surface area contributed by atoms with E-state index in [4.69, 9.17) is 5.11 Å². The van der Waals surface area contributed by atoms with Gasteiger partial charge in [0.15, 0.2) is 0 Å². The van der Waals surface area contributed by atoms with Crippen LogP contribution in [0.1, 0.15) is 25.8 Å². The van der Waals surface area contributed by atoms with Crippen molar-refractivity contribution in [2.24, 2.45) is 5.92 Å². The molecule has 0 aliphatic rings. The fraction of sp³-hybridized carbons (Fsp3) is 0.467. The third-order valence-corrected chi connectivity index (χ3v) is 3.40. The van der Waals surface area contributed by atoms with Crippen molar-refractivity contribution in [3.05, 3.63) is 35.6 Å². The normalized spacial score (nSPS) is 13.3. The first kappa shape index (κ1) is 16.9. The predicted octanol–water partition coefficient (Wildman–Crippen LogP) is 2.17. The maximum absolute atomic E-state index is 13.4. The molecule has 0 unspecified atom stereocenters. The first-order valence-corrected chi connectivity index (χ1v) is 6.96. The van der Waals surface area contributed by atoms with Crippen molar-refractivity contribution in [3.63, 3.8) is 0 Å². The molecule has 0 spiro atoms. The lowest BCUT2D eigenvalue weighted by atomic mass is 9.99. The maximum Gasteiger partial charge on any atom is 0.326 e. The minimum absolute atomic E-state index is 0.167. The van der Waals surface area contributed by atoms with Crippen LogP contribution >= 0.6 is 0 Å². The number of urea groups is 1. The number of carboxylic acids is 1. The largest absolute Gasteiger partial charge is 0.480 e. The number of nitrogens with one attached hydrogen (secondary N) is 2. The van der Waals surface area contributed by atoms with Gasteiger partial charge >= 0.3 is 12.0 Å². The minimum Gasteiger partial charge on any atom is -0.480 e. The van der Waals surface area contributed by atoms with Gasteiger partial charge in [0.05, 0.1) is 0 Å². The summed E-state index contributed by atoms with van der Waals surface area (Å²) in [4.78, 5) is 22.8. The monoisotopic (exact) mass is 296 g/mol. The van der Waals surface area contributed by atoms with Gasteiger partial charge in [-0.25, -0.2) is 14.0 Å². The summed E-state index contributed by atoms with van der Waals surface area (Å²) in [7, 11) is 0. The van der Waals surface area contributed by atoms with Gasteiger partial charge in [0.2, 0.25) is 0 Å². The Labute approximate surface area is 123 Å². The number of carbonyl (C=O) groups excluding carboxylic acids is 1. The molecule has 0 aliphatic heterocycles. The molecule has 2 amide bonds. The highest BCUT2D eigenvalue weighted by atomic mass is 19.1. The molecule has 21 heavy (non-hydrogen) atoms. The van der Waals surface area contributed by atoms with Gasteiger partial charge in [0.1, 0.15) is 11.9 Å². The Morgan fingerprint density at radius 2 is 2.00 bits per heavy atom. The highest BCUT2D eigenvalue weighted by Gasteiger charge is 2.24. The molecular formula is C15H21FN2O3. The Kier molecular flexibility index (Phi) is 6.65. The lowest BCUT2D eigenvalue weighted by molar-refractivity contribution is -0.140. The second kappa shape index (κ2) is 8.24. The molecule has 0 fully saturated rings. The van der Waals surface area contributed by atoms with Crippen LogP contribution in [0.2, 0.25) is 0 Å². The molecule has 0 radical (unpaired) electrons. The van der Waals surface area contributed by atoms with Crippen LogP contribution in [0.15, 0.2) is 24.3 Å². The van der Waals surface area contributed by atoms with Crippen molar-refractivity contribution >= 4 is 12.0 Å². The number of halogens is 1. The Bertz CT molecular complexity index is 494. The lowest BCUT2D eigenvalue weighted by Crippen LogP contribution is -2.49. The molecule has 5 nitrogen and oxygen atoms in total. The van der Waals surface area contributed by atoms with E-state index in [0.717, 1.165) is 0 Å². The van der Waals surface area contributed by atoms with Gasteiger partial charge < -0.3 is 15.7 Å². The molecular weight excluding hydrogens is 275 g/mol. The van der Waals surface area contributed by atoms with Crippen LogP contribution in [0, 0.1) is 11.7 Å². The zero-order valence-corrected chi connectivity index (χ0v) is 12.2. The third-order valence-electron chi connectivity index (χ3n) is 3.40. The zero-order chi connectivity index (χ0) is 15.8. The van der Waals surface area contributed by atoms with Crippen molar-refractivity contribution in [2.45, 2.75) is 32.7 Å². The summed E-state index contributed by atoms with van der Waals surface area (Å²) in [5.41, 5.74) is 0.509. The van der Waals surface area contributed by atoms with Gasteiger partial charge in [0, 0.05) is 6.54 Å². The van der Waals surface area contributed by atoms with Crippen LogP contribution in [0.5, 0.6) is 0 Å². The fourth-order valence-corrected chi connectivity index (χ4v) is 1.89. The summed E-state index contributed by atoms with van der Waals surface area (Å²) in [6, 6.07) is 4.85. The standard InChI is InChI=1S/C15H21FN2O3/c1-3-10(2)13(14(19)20)18-15(21)17-9-8-11-6-4-5-7-12(11)16/h4-7,10,13H,3,8-9H2,1-2H3,(H,19,20)(H2,17,18,21)/t10-,13-/m0/s1. The molecule has 0 aliphatic carbocycles. The molecule has 116 valence electrons. The van der Waals surface area contributed by atoms with Crippen LogP contribution in [-0.2, 0) is 11.2 Å². The van der Waals surface area contributed by atoms with Crippen molar-refractivity contribution in [3.8, 4) is 0 Å². The first-order valence-electron chi connectivity index (χ1n) is 6.96. The van der Waals surface area contributed by atoms with E-state index >= 15 is 0 Å². The number of hydrogen-bond acceptors (Lipinski definition) is 2. The van der Waals surface area contributed by atoms with Crippen LogP contribution in [-0.4, -0.2) is 29.7 Å².